The summed E-state index contributed by atoms with van der Waals surface area (Å²) in [5.74, 6) is 0.686. The first-order chi connectivity index (χ1) is 12.2. The van der Waals surface area contributed by atoms with Gasteiger partial charge in [-0.3, -0.25) is 10.1 Å². The molecule has 1 aliphatic heterocycles. The Kier molecular flexibility index (Phi) is 3.85. The topological polar surface area (TPSA) is 72.2 Å². The van der Waals surface area contributed by atoms with Crippen molar-refractivity contribution in [1.29, 1.82) is 0 Å². The van der Waals surface area contributed by atoms with Crippen LogP contribution in [0, 0.1) is 10.1 Å². The summed E-state index contributed by atoms with van der Waals surface area (Å²) >= 11 is 0. The summed E-state index contributed by atoms with van der Waals surface area (Å²) in [6, 6.07) is 16.7. The number of nitro groups is 1. The van der Waals surface area contributed by atoms with Crippen LogP contribution < -0.4 is 4.90 Å². The number of fused-ring (bicyclic) bond motifs is 1. The summed E-state index contributed by atoms with van der Waals surface area (Å²) in [7, 11) is 0. The van der Waals surface area contributed by atoms with E-state index in [2.05, 4.69) is 39.1 Å². The molecule has 4 rings (SSSR count). The Morgan fingerprint density at radius 3 is 2.52 bits per heavy atom. The quantitative estimate of drug-likeness (QED) is 0.541. The van der Waals surface area contributed by atoms with E-state index in [9.17, 15) is 10.1 Å². The molecule has 2 aromatic carbocycles. The Hall–Kier alpha value is -3.28. The van der Waals surface area contributed by atoms with Gasteiger partial charge in [0, 0.05) is 37.0 Å². The third-order valence-electron chi connectivity index (χ3n) is 4.43. The highest BCUT2D eigenvalue weighted by Crippen LogP contribution is 2.25. The van der Waals surface area contributed by atoms with Gasteiger partial charge in [0.2, 0.25) is 5.95 Å². The zero-order valence-corrected chi connectivity index (χ0v) is 13.5. The molecule has 0 atom stereocenters. The fourth-order valence-corrected chi connectivity index (χ4v) is 3.08. The lowest BCUT2D eigenvalue weighted by atomic mass is 10.0. The molecule has 6 nitrogen and oxygen atoms in total. The minimum Gasteiger partial charge on any atom is -0.336 e. The Morgan fingerprint density at radius 2 is 1.76 bits per heavy atom. The minimum atomic E-state index is -0.402. The van der Waals surface area contributed by atoms with Crippen LogP contribution >= 0.6 is 0 Å². The van der Waals surface area contributed by atoms with Gasteiger partial charge in [-0.15, -0.1) is 0 Å². The van der Waals surface area contributed by atoms with Crippen molar-refractivity contribution in [3.63, 3.8) is 0 Å². The van der Waals surface area contributed by atoms with E-state index in [4.69, 9.17) is 0 Å². The van der Waals surface area contributed by atoms with Gasteiger partial charge in [0.15, 0.2) is 0 Å². The van der Waals surface area contributed by atoms with Crippen LogP contribution in [0.3, 0.4) is 0 Å². The number of nitro benzene ring substituents is 1. The van der Waals surface area contributed by atoms with Crippen molar-refractivity contribution >= 4 is 11.6 Å². The van der Waals surface area contributed by atoms with E-state index in [1.807, 2.05) is 6.07 Å². The van der Waals surface area contributed by atoms with Gasteiger partial charge in [0.25, 0.3) is 5.69 Å². The van der Waals surface area contributed by atoms with Crippen LogP contribution in [0.4, 0.5) is 11.6 Å². The van der Waals surface area contributed by atoms with Crippen LogP contribution in [0.15, 0.2) is 60.8 Å². The third-order valence-corrected chi connectivity index (χ3v) is 4.43. The number of hydrogen-bond acceptors (Lipinski definition) is 5. The molecule has 25 heavy (non-hydrogen) atoms. The molecule has 0 saturated heterocycles. The molecule has 3 aromatic rings. The highest BCUT2D eigenvalue weighted by molar-refractivity contribution is 5.62. The van der Waals surface area contributed by atoms with Gasteiger partial charge in [0.1, 0.15) is 0 Å². The second kappa shape index (κ2) is 6.32. The fraction of sp³-hybridized carbons (Fsp3) is 0.158. The van der Waals surface area contributed by atoms with Crippen LogP contribution in [-0.2, 0) is 13.0 Å². The van der Waals surface area contributed by atoms with Crippen LogP contribution in [0.2, 0.25) is 0 Å². The zero-order chi connectivity index (χ0) is 17.2. The largest absolute Gasteiger partial charge is 0.336 e. The molecule has 0 saturated carbocycles. The van der Waals surface area contributed by atoms with Gasteiger partial charge in [-0.05, 0) is 35.7 Å². The lowest BCUT2D eigenvalue weighted by Gasteiger charge is -2.28. The molecule has 124 valence electrons. The maximum absolute atomic E-state index is 10.8. The van der Waals surface area contributed by atoms with Crippen LogP contribution in [0.1, 0.15) is 11.1 Å². The average Bonchev–Trinajstić information content (AvgIpc) is 2.68. The molecule has 0 N–H and O–H groups in total. The van der Waals surface area contributed by atoms with Crippen molar-refractivity contribution in [2.45, 2.75) is 13.0 Å². The molecule has 6 heteroatoms. The van der Waals surface area contributed by atoms with E-state index < -0.39 is 4.92 Å². The predicted molar refractivity (Wildman–Crippen MR) is 95.3 cm³/mol. The number of hydrogen-bond donors (Lipinski definition) is 0. The number of non-ortho nitro benzene ring substituents is 1. The number of benzene rings is 2. The van der Waals surface area contributed by atoms with Gasteiger partial charge >= 0.3 is 0 Å². The first kappa shape index (κ1) is 15.3. The number of rotatable bonds is 3. The normalized spacial score (nSPS) is 13.4. The van der Waals surface area contributed by atoms with Crippen molar-refractivity contribution in [2.24, 2.45) is 0 Å². The fourth-order valence-electron chi connectivity index (χ4n) is 3.08. The molecular formula is C19H16N4O2. The van der Waals surface area contributed by atoms with E-state index in [1.165, 1.54) is 23.3 Å². The van der Waals surface area contributed by atoms with Crippen molar-refractivity contribution in [2.75, 3.05) is 11.4 Å². The summed E-state index contributed by atoms with van der Waals surface area (Å²) in [5.41, 5.74) is 4.36. The van der Waals surface area contributed by atoms with E-state index in [0.717, 1.165) is 30.8 Å². The molecule has 0 spiro atoms. The summed E-state index contributed by atoms with van der Waals surface area (Å²) in [6.45, 7) is 1.67. The third kappa shape index (κ3) is 3.06. The van der Waals surface area contributed by atoms with E-state index >= 15 is 0 Å². The number of nitrogens with zero attached hydrogens (tertiary/aromatic N) is 4. The van der Waals surface area contributed by atoms with Gasteiger partial charge < -0.3 is 4.90 Å². The molecule has 0 amide bonds. The summed E-state index contributed by atoms with van der Waals surface area (Å²) < 4.78 is 0. The van der Waals surface area contributed by atoms with Crippen molar-refractivity contribution in [1.82, 2.24) is 9.97 Å². The molecule has 0 unspecified atom stereocenters. The Morgan fingerprint density at radius 1 is 1.00 bits per heavy atom. The molecule has 0 radical (unpaired) electrons. The standard InChI is InChI=1S/C19H16N4O2/c24-23(25)17-7-5-15(6-8-17)18-9-11-20-19(21-18)22-12-10-14-3-1-2-4-16(14)13-22/h1-9,11H,10,12-13H2. The molecule has 0 fully saturated rings. The number of anilines is 1. The first-order valence-electron chi connectivity index (χ1n) is 8.10. The second-order valence-corrected chi connectivity index (χ2v) is 5.99. The molecular weight excluding hydrogens is 316 g/mol. The lowest BCUT2D eigenvalue weighted by molar-refractivity contribution is -0.384. The maximum Gasteiger partial charge on any atom is 0.269 e. The van der Waals surface area contributed by atoms with Crippen molar-refractivity contribution in [3.05, 3.63) is 82.0 Å². The minimum absolute atomic E-state index is 0.0747. The highest BCUT2D eigenvalue weighted by atomic mass is 16.6. The zero-order valence-electron chi connectivity index (χ0n) is 13.5. The van der Waals surface area contributed by atoms with Crippen LogP contribution in [-0.4, -0.2) is 21.4 Å². The van der Waals surface area contributed by atoms with Gasteiger partial charge in [-0.1, -0.05) is 24.3 Å². The van der Waals surface area contributed by atoms with Crippen molar-refractivity contribution in [3.8, 4) is 11.3 Å². The monoisotopic (exact) mass is 332 g/mol. The van der Waals surface area contributed by atoms with Gasteiger partial charge in [0.05, 0.1) is 10.6 Å². The molecule has 0 bridgehead atoms. The Labute approximate surface area is 144 Å². The first-order valence-corrected chi connectivity index (χ1v) is 8.10. The highest BCUT2D eigenvalue weighted by Gasteiger charge is 2.18. The summed E-state index contributed by atoms with van der Waals surface area (Å²) in [6.07, 6.45) is 2.71. The van der Waals surface area contributed by atoms with Gasteiger partial charge in [-0.25, -0.2) is 9.97 Å². The van der Waals surface area contributed by atoms with Crippen LogP contribution in [0.5, 0.6) is 0 Å². The number of aromatic nitrogens is 2. The lowest BCUT2D eigenvalue weighted by Crippen LogP contribution is -2.31. The van der Waals surface area contributed by atoms with E-state index in [-0.39, 0.29) is 5.69 Å². The van der Waals surface area contributed by atoms with Crippen molar-refractivity contribution < 1.29 is 4.92 Å². The van der Waals surface area contributed by atoms with E-state index in [1.54, 1.807) is 18.3 Å². The summed E-state index contributed by atoms with van der Waals surface area (Å²) in [5, 5.41) is 10.8. The molecule has 2 heterocycles. The van der Waals surface area contributed by atoms with Crippen LogP contribution in [0.25, 0.3) is 11.3 Å². The Bertz CT molecular complexity index is 925. The average molecular weight is 332 g/mol. The SMILES string of the molecule is O=[N+]([O-])c1ccc(-c2ccnc(N3CCc4ccccc4C3)n2)cc1. The maximum atomic E-state index is 10.8. The van der Waals surface area contributed by atoms with E-state index in [0.29, 0.717) is 5.95 Å². The molecule has 1 aliphatic rings. The summed E-state index contributed by atoms with van der Waals surface area (Å²) in [4.78, 5) is 21.6. The second-order valence-electron chi connectivity index (χ2n) is 5.99. The Balaban J connectivity index is 1.61. The molecule has 0 aliphatic carbocycles. The molecule has 1 aromatic heterocycles. The van der Waals surface area contributed by atoms with Gasteiger partial charge in [-0.2, -0.15) is 0 Å². The smallest absolute Gasteiger partial charge is 0.269 e. The predicted octanol–water partition coefficient (Wildman–Crippen LogP) is 3.61.